The van der Waals surface area contributed by atoms with E-state index in [1.54, 1.807) is 0 Å². The fourth-order valence-corrected chi connectivity index (χ4v) is 8.55. The monoisotopic (exact) mass is 928 g/mol. The van der Waals surface area contributed by atoms with Crippen molar-refractivity contribution in [2.45, 2.75) is 253 Å². The van der Waals surface area contributed by atoms with E-state index in [0.717, 1.165) is 57.8 Å². The fraction of sp³-hybridized carbons (Fsp3) is 0.978. The number of ether oxygens (including phenoxy) is 6. The summed E-state index contributed by atoms with van der Waals surface area (Å²) >= 11 is 0. The maximum Gasteiger partial charge on any atom is 0.220 e. The molecule has 3 heterocycles. The van der Waals surface area contributed by atoms with Gasteiger partial charge in [0.15, 0.2) is 18.9 Å². The number of aliphatic hydroxyl groups is 11. The lowest BCUT2D eigenvalue weighted by molar-refractivity contribution is -0.379. The average molecular weight is 928 g/mol. The summed E-state index contributed by atoms with van der Waals surface area (Å²) in [5.41, 5.74) is 0. The van der Waals surface area contributed by atoms with Crippen LogP contribution < -0.4 is 5.32 Å². The van der Waals surface area contributed by atoms with E-state index >= 15 is 0 Å². The van der Waals surface area contributed by atoms with Gasteiger partial charge in [0.05, 0.1) is 38.6 Å². The highest BCUT2D eigenvalue weighted by molar-refractivity contribution is 5.76. The Morgan fingerprint density at radius 2 is 0.891 bits per heavy atom. The first-order valence-corrected chi connectivity index (χ1v) is 24.3. The van der Waals surface area contributed by atoms with Gasteiger partial charge < -0.3 is 89.9 Å². The zero-order valence-corrected chi connectivity index (χ0v) is 38.3. The Morgan fingerprint density at radius 3 is 1.36 bits per heavy atom. The highest BCUT2D eigenvalue weighted by atomic mass is 16.8. The molecule has 3 saturated heterocycles. The third kappa shape index (κ3) is 18.4. The summed E-state index contributed by atoms with van der Waals surface area (Å²) in [5.74, 6) is -0.254. The molecule has 0 spiro atoms. The van der Waals surface area contributed by atoms with Gasteiger partial charge in [-0.3, -0.25) is 4.79 Å². The molecule has 19 heteroatoms. The van der Waals surface area contributed by atoms with E-state index in [1.807, 2.05) is 0 Å². The normalized spacial score (nSPS) is 34.4. The molecule has 0 aromatic heterocycles. The van der Waals surface area contributed by atoms with Gasteiger partial charge >= 0.3 is 0 Å². The van der Waals surface area contributed by atoms with E-state index in [2.05, 4.69) is 19.2 Å². The molecular formula is C45H85NO18. The number of carbonyl (C=O) groups excluding carboxylic acids is 1. The molecule has 0 radical (unpaired) electrons. The lowest BCUT2D eigenvalue weighted by atomic mass is 9.96. The molecule has 1 amide bonds. The van der Waals surface area contributed by atoms with Crippen LogP contribution in [0.5, 0.6) is 0 Å². The molecule has 378 valence electrons. The van der Waals surface area contributed by atoms with Crippen molar-refractivity contribution in [3.05, 3.63) is 0 Å². The SMILES string of the molecule is CCCCCCCCCCCCCCCC(O)C(COC1OC(CO)C(OC2OC(CO)C(OC3OC(CO)C(O)C(O)C3O)C(O)C2O)C(O)C1O)NC(=O)CCCCCCCC. The first-order chi connectivity index (χ1) is 30.8. The van der Waals surface area contributed by atoms with Gasteiger partial charge in [-0.05, 0) is 12.8 Å². The second kappa shape index (κ2) is 31.8. The number of carbonyl (C=O) groups is 1. The summed E-state index contributed by atoms with van der Waals surface area (Å²) in [5, 5.41) is 119. The van der Waals surface area contributed by atoms with Crippen LogP contribution in [0.4, 0.5) is 0 Å². The summed E-state index contributed by atoms with van der Waals surface area (Å²) in [6.07, 6.45) is -4.50. The van der Waals surface area contributed by atoms with E-state index in [9.17, 15) is 61.0 Å². The van der Waals surface area contributed by atoms with Gasteiger partial charge in [0.2, 0.25) is 5.91 Å². The highest BCUT2D eigenvalue weighted by Gasteiger charge is 2.53. The van der Waals surface area contributed by atoms with Crippen LogP contribution in [-0.2, 0) is 33.2 Å². The number of hydrogen-bond donors (Lipinski definition) is 12. The lowest BCUT2D eigenvalue weighted by Gasteiger charge is -2.48. The van der Waals surface area contributed by atoms with Crippen LogP contribution in [0.1, 0.15) is 149 Å². The quantitative estimate of drug-likeness (QED) is 0.0400. The number of nitrogens with one attached hydrogen (secondary N) is 1. The Bertz CT molecular complexity index is 1200. The number of amides is 1. The molecule has 17 atom stereocenters. The number of unbranched alkanes of at least 4 members (excludes halogenated alkanes) is 17. The van der Waals surface area contributed by atoms with E-state index in [0.29, 0.717) is 12.8 Å². The molecule has 0 aliphatic carbocycles. The van der Waals surface area contributed by atoms with Crippen LogP contribution in [0.15, 0.2) is 0 Å². The number of hydrogen-bond acceptors (Lipinski definition) is 18. The molecule has 19 nitrogen and oxygen atoms in total. The van der Waals surface area contributed by atoms with Crippen molar-refractivity contribution in [2.75, 3.05) is 26.4 Å². The average Bonchev–Trinajstić information content (AvgIpc) is 3.29. The largest absolute Gasteiger partial charge is 0.394 e. The summed E-state index contributed by atoms with van der Waals surface area (Å²) < 4.78 is 34.0. The van der Waals surface area contributed by atoms with Crippen molar-refractivity contribution < 1.29 is 89.4 Å². The molecule has 0 aromatic rings. The third-order valence-electron chi connectivity index (χ3n) is 12.7. The molecule has 0 saturated carbocycles. The zero-order valence-electron chi connectivity index (χ0n) is 38.3. The van der Waals surface area contributed by atoms with Crippen LogP contribution in [-0.4, -0.2) is 193 Å². The minimum absolute atomic E-state index is 0.254. The van der Waals surface area contributed by atoms with Crippen molar-refractivity contribution in [2.24, 2.45) is 0 Å². The molecule has 3 fully saturated rings. The molecule has 3 rings (SSSR count). The summed E-state index contributed by atoms with van der Waals surface area (Å²) in [7, 11) is 0. The maximum atomic E-state index is 13.0. The number of aliphatic hydroxyl groups excluding tert-OH is 11. The van der Waals surface area contributed by atoms with Gasteiger partial charge in [-0.25, -0.2) is 0 Å². The first kappa shape index (κ1) is 57.1. The van der Waals surface area contributed by atoms with E-state index in [-0.39, 0.29) is 18.9 Å². The standard InChI is InChI=1S/C45H85NO18/c1-3-5-7-9-11-12-13-14-15-16-17-18-20-22-29(50)28(46-33(51)23-21-19-10-8-6-4-2)27-59-43-39(57)36(54)41(31(25-48)61-43)64-45-40(58)37(55)42(32(26-49)62-45)63-44-38(56)35(53)34(52)30(24-47)60-44/h28-32,34-45,47-50,52-58H,3-27H2,1-2H3,(H,46,51). The third-order valence-corrected chi connectivity index (χ3v) is 12.7. The zero-order chi connectivity index (χ0) is 47.0. The van der Waals surface area contributed by atoms with E-state index < -0.39 is 124 Å². The first-order valence-electron chi connectivity index (χ1n) is 24.3. The Balaban J connectivity index is 1.56. The maximum absolute atomic E-state index is 13.0. The van der Waals surface area contributed by atoms with Gasteiger partial charge in [0.1, 0.15) is 73.2 Å². The Kier molecular flexibility index (Phi) is 28.3. The van der Waals surface area contributed by atoms with Crippen molar-refractivity contribution in [1.82, 2.24) is 5.32 Å². The van der Waals surface area contributed by atoms with Gasteiger partial charge in [0, 0.05) is 6.42 Å². The van der Waals surface area contributed by atoms with Crippen LogP contribution in [0.25, 0.3) is 0 Å². The topological polar surface area (TPSA) is 307 Å². The lowest BCUT2D eigenvalue weighted by Crippen LogP contribution is -2.66. The smallest absolute Gasteiger partial charge is 0.220 e. The van der Waals surface area contributed by atoms with Crippen LogP contribution in [0.2, 0.25) is 0 Å². The Morgan fingerprint density at radius 1 is 0.500 bits per heavy atom. The van der Waals surface area contributed by atoms with E-state index in [1.165, 1.54) is 57.8 Å². The summed E-state index contributed by atoms with van der Waals surface area (Å²) in [4.78, 5) is 13.0. The molecule has 12 N–H and O–H groups in total. The minimum atomic E-state index is -1.97. The van der Waals surface area contributed by atoms with Crippen LogP contribution >= 0.6 is 0 Å². The molecule has 3 aliphatic rings. The van der Waals surface area contributed by atoms with Crippen LogP contribution in [0.3, 0.4) is 0 Å². The molecule has 3 aliphatic heterocycles. The summed E-state index contributed by atoms with van der Waals surface area (Å²) in [6.45, 7) is 1.67. The predicted molar refractivity (Wildman–Crippen MR) is 231 cm³/mol. The molecular weight excluding hydrogens is 842 g/mol. The van der Waals surface area contributed by atoms with Gasteiger partial charge in [-0.2, -0.15) is 0 Å². The van der Waals surface area contributed by atoms with Crippen molar-refractivity contribution in [1.29, 1.82) is 0 Å². The molecule has 17 unspecified atom stereocenters. The van der Waals surface area contributed by atoms with E-state index in [4.69, 9.17) is 28.4 Å². The van der Waals surface area contributed by atoms with Crippen molar-refractivity contribution >= 4 is 5.91 Å². The minimum Gasteiger partial charge on any atom is -0.394 e. The Hall–Kier alpha value is -1.21. The van der Waals surface area contributed by atoms with Gasteiger partial charge in [-0.15, -0.1) is 0 Å². The van der Waals surface area contributed by atoms with Gasteiger partial charge in [-0.1, -0.05) is 129 Å². The molecule has 64 heavy (non-hydrogen) atoms. The fourth-order valence-electron chi connectivity index (χ4n) is 8.55. The predicted octanol–water partition coefficient (Wildman–Crippen LogP) is 0.529. The number of rotatable bonds is 33. The van der Waals surface area contributed by atoms with Crippen molar-refractivity contribution in [3.63, 3.8) is 0 Å². The molecule has 0 aromatic carbocycles. The summed E-state index contributed by atoms with van der Waals surface area (Å²) in [6, 6.07) is -0.875. The molecule has 0 bridgehead atoms. The van der Waals surface area contributed by atoms with Gasteiger partial charge in [0.25, 0.3) is 0 Å². The highest BCUT2D eigenvalue weighted by Crippen LogP contribution is 2.33. The van der Waals surface area contributed by atoms with Crippen LogP contribution in [0, 0.1) is 0 Å². The second-order valence-corrected chi connectivity index (χ2v) is 17.9. The van der Waals surface area contributed by atoms with Crippen molar-refractivity contribution in [3.8, 4) is 0 Å². The second-order valence-electron chi connectivity index (χ2n) is 17.9. The Labute approximate surface area is 379 Å².